The van der Waals surface area contributed by atoms with Crippen molar-refractivity contribution < 1.29 is 23.5 Å². The SMILES string of the molecule is CCOC(=O)C=NC(=O)CC1(CCN2CCC(N(C(=O)c3ccco3)c3ccc(C)cn3)CC2)CCCCC1. The first-order valence-electron chi connectivity index (χ1n) is 14.1. The van der Waals surface area contributed by atoms with Crippen LogP contribution in [-0.2, 0) is 14.3 Å². The third-order valence-electron chi connectivity index (χ3n) is 8.01. The van der Waals surface area contributed by atoms with Crippen LogP contribution in [-0.4, -0.2) is 66.2 Å². The van der Waals surface area contributed by atoms with Crippen LogP contribution in [0.5, 0.6) is 0 Å². The minimum absolute atomic E-state index is 0.0245. The molecule has 0 unspecified atom stereocenters. The molecule has 39 heavy (non-hydrogen) atoms. The van der Waals surface area contributed by atoms with E-state index in [0.717, 1.165) is 76.4 Å². The number of amides is 2. The second-order valence-electron chi connectivity index (χ2n) is 10.8. The molecule has 0 bridgehead atoms. The summed E-state index contributed by atoms with van der Waals surface area (Å²) in [5.41, 5.74) is 0.964. The number of piperidine rings is 1. The summed E-state index contributed by atoms with van der Waals surface area (Å²) >= 11 is 0. The molecule has 0 aromatic carbocycles. The Morgan fingerprint density at radius 3 is 2.59 bits per heavy atom. The largest absolute Gasteiger partial charge is 0.462 e. The molecule has 1 saturated heterocycles. The zero-order chi connectivity index (χ0) is 27.7. The number of likely N-dealkylation sites (tertiary alicyclic amines) is 1. The molecule has 9 nitrogen and oxygen atoms in total. The van der Waals surface area contributed by atoms with Crippen molar-refractivity contribution >= 4 is 29.8 Å². The van der Waals surface area contributed by atoms with Crippen molar-refractivity contribution in [3.8, 4) is 0 Å². The van der Waals surface area contributed by atoms with Gasteiger partial charge in [0.05, 0.1) is 12.9 Å². The number of hydrogen-bond acceptors (Lipinski definition) is 7. The molecule has 1 aliphatic heterocycles. The van der Waals surface area contributed by atoms with E-state index in [9.17, 15) is 14.4 Å². The maximum atomic E-state index is 13.4. The van der Waals surface area contributed by atoms with Gasteiger partial charge in [0, 0.05) is 31.7 Å². The molecule has 9 heteroatoms. The first kappa shape index (κ1) is 28.7. The number of esters is 1. The fourth-order valence-electron chi connectivity index (χ4n) is 5.86. The van der Waals surface area contributed by atoms with Crippen molar-refractivity contribution in [2.24, 2.45) is 10.4 Å². The summed E-state index contributed by atoms with van der Waals surface area (Å²) in [6, 6.07) is 7.32. The number of pyridine rings is 1. The van der Waals surface area contributed by atoms with E-state index >= 15 is 0 Å². The maximum Gasteiger partial charge on any atom is 0.349 e. The lowest BCUT2D eigenvalue weighted by molar-refractivity contribution is -0.134. The van der Waals surface area contributed by atoms with Gasteiger partial charge in [-0.15, -0.1) is 0 Å². The molecule has 0 radical (unpaired) electrons. The summed E-state index contributed by atoms with van der Waals surface area (Å²) in [4.78, 5) is 50.3. The predicted octanol–water partition coefficient (Wildman–Crippen LogP) is 4.99. The molecule has 4 rings (SSSR count). The lowest BCUT2D eigenvalue weighted by Crippen LogP contribution is -2.48. The number of aromatic nitrogens is 1. The normalized spacial score (nSPS) is 18.2. The van der Waals surface area contributed by atoms with Gasteiger partial charge in [0.25, 0.3) is 5.91 Å². The van der Waals surface area contributed by atoms with Crippen molar-refractivity contribution in [3.63, 3.8) is 0 Å². The fourth-order valence-corrected chi connectivity index (χ4v) is 5.86. The predicted molar refractivity (Wildman–Crippen MR) is 149 cm³/mol. The van der Waals surface area contributed by atoms with Crippen molar-refractivity contribution in [1.82, 2.24) is 9.88 Å². The van der Waals surface area contributed by atoms with Gasteiger partial charge in [0.1, 0.15) is 12.0 Å². The number of carbonyl (C=O) groups is 3. The van der Waals surface area contributed by atoms with E-state index in [1.807, 2.05) is 19.1 Å². The van der Waals surface area contributed by atoms with Gasteiger partial charge in [-0.3, -0.25) is 14.5 Å². The number of nitrogens with zero attached hydrogens (tertiary/aromatic N) is 4. The highest BCUT2D eigenvalue weighted by Gasteiger charge is 2.36. The summed E-state index contributed by atoms with van der Waals surface area (Å²) in [5, 5.41) is 0. The maximum absolute atomic E-state index is 13.4. The highest BCUT2D eigenvalue weighted by atomic mass is 16.5. The minimum Gasteiger partial charge on any atom is -0.462 e. The molecule has 2 fully saturated rings. The Bertz CT molecular complexity index is 1110. The van der Waals surface area contributed by atoms with E-state index in [1.165, 1.54) is 12.7 Å². The van der Waals surface area contributed by atoms with E-state index in [4.69, 9.17) is 9.15 Å². The number of aliphatic imine (C=N–C) groups is 1. The fraction of sp³-hybridized carbons (Fsp3) is 0.567. The Balaban J connectivity index is 1.36. The van der Waals surface area contributed by atoms with Gasteiger partial charge >= 0.3 is 5.97 Å². The number of furan rings is 1. The van der Waals surface area contributed by atoms with Gasteiger partial charge in [-0.25, -0.2) is 14.8 Å². The second kappa shape index (κ2) is 13.6. The van der Waals surface area contributed by atoms with Crippen LogP contribution in [0.25, 0.3) is 0 Å². The second-order valence-corrected chi connectivity index (χ2v) is 10.8. The van der Waals surface area contributed by atoms with Gasteiger partial charge in [0.15, 0.2) is 5.76 Å². The topological polar surface area (TPSA) is 105 Å². The zero-order valence-electron chi connectivity index (χ0n) is 23.1. The standard InChI is InChI=1S/C30H40N4O5/c1-3-38-28(36)22-32-27(35)20-30(13-5-4-6-14-30)15-18-33-16-11-24(12-17-33)34(26-10-9-23(2)21-31-26)29(37)25-8-7-19-39-25/h7-10,19,21-22,24H,3-6,11-18,20H2,1-2H3. The Kier molecular flexibility index (Phi) is 10.0. The molecular formula is C30H40N4O5. The minimum atomic E-state index is -0.577. The summed E-state index contributed by atoms with van der Waals surface area (Å²) in [6.07, 6.45) is 12.7. The number of ether oxygens (including phenoxy) is 1. The summed E-state index contributed by atoms with van der Waals surface area (Å²) < 4.78 is 10.3. The van der Waals surface area contributed by atoms with Crippen LogP contribution in [0.15, 0.2) is 46.1 Å². The van der Waals surface area contributed by atoms with E-state index in [0.29, 0.717) is 18.0 Å². The lowest BCUT2D eigenvalue weighted by Gasteiger charge is -2.41. The molecule has 210 valence electrons. The number of carbonyl (C=O) groups excluding carboxylic acids is 3. The average molecular weight is 537 g/mol. The molecule has 2 aromatic heterocycles. The van der Waals surface area contributed by atoms with Crippen LogP contribution < -0.4 is 4.90 Å². The summed E-state index contributed by atoms with van der Waals surface area (Å²) in [7, 11) is 0. The molecule has 0 atom stereocenters. The number of hydrogen-bond donors (Lipinski definition) is 0. The molecule has 1 aliphatic carbocycles. The van der Waals surface area contributed by atoms with Gasteiger partial charge in [-0.2, -0.15) is 0 Å². The third kappa shape index (κ3) is 7.85. The van der Waals surface area contributed by atoms with E-state index in [2.05, 4.69) is 14.9 Å². The van der Waals surface area contributed by atoms with E-state index < -0.39 is 5.97 Å². The Morgan fingerprint density at radius 1 is 1.18 bits per heavy atom. The molecule has 2 aromatic rings. The Hall–Kier alpha value is -3.33. The molecule has 2 amide bonds. The van der Waals surface area contributed by atoms with Gasteiger partial charge in [-0.05, 0) is 81.7 Å². The number of anilines is 1. The van der Waals surface area contributed by atoms with Crippen molar-refractivity contribution in [1.29, 1.82) is 0 Å². The average Bonchev–Trinajstić information content (AvgIpc) is 3.49. The van der Waals surface area contributed by atoms with Crippen LogP contribution in [0.4, 0.5) is 5.82 Å². The Morgan fingerprint density at radius 2 is 1.95 bits per heavy atom. The highest BCUT2D eigenvalue weighted by Crippen LogP contribution is 2.43. The quantitative estimate of drug-likeness (QED) is 0.311. The smallest absolute Gasteiger partial charge is 0.349 e. The number of aryl methyl sites for hydroxylation is 1. The van der Waals surface area contributed by atoms with Gasteiger partial charge < -0.3 is 14.1 Å². The van der Waals surface area contributed by atoms with Gasteiger partial charge in [0.2, 0.25) is 5.91 Å². The zero-order valence-corrected chi connectivity index (χ0v) is 23.1. The molecular weight excluding hydrogens is 496 g/mol. The van der Waals surface area contributed by atoms with Crippen LogP contribution >= 0.6 is 0 Å². The van der Waals surface area contributed by atoms with E-state index in [-0.39, 0.29) is 29.9 Å². The number of rotatable bonds is 10. The molecule has 3 heterocycles. The van der Waals surface area contributed by atoms with Gasteiger partial charge in [-0.1, -0.05) is 25.3 Å². The Labute approximate surface area is 230 Å². The summed E-state index contributed by atoms with van der Waals surface area (Å²) in [5.74, 6) is -0.0381. The first-order chi connectivity index (χ1) is 18.9. The van der Waals surface area contributed by atoms with Crippen molar-refractivity contribution in [3.05, 3.63) is 48.0 Å². The summed E-state index contributed by atoms with van der Waals surface area (Å²) in [6.45, 7) is 6.59. The molecule has 2 aliphatic rings. The monoisotopic (exact) mass is 536 g/mol. The van der Waals surface area contributed by atoms with Crippen molar-refractivity contribution in [2.45, 2.75) is 77.7 Å². The van der Waals surface area contributed by atoms with Crippen LogP contribution in [0, 0.1) is 12.3 Å². The van der Waals surface area contributed by atoms with E-state index in [1.54, 1.807) is 30.2 Å². The van der Waals surface area contributed by atoms with Crippen LogP contribution in [0.1, 0.15) is 80.8 Å². The highest BCUT2D eigenvalue weighted by molar-refractivity contribution is 6.25. The molecule has 0 N–H and O–H groups in total. The van der Waals surface area contributed by atoms with Crippen LogP contribution in [0.3, 0.4) is 0 Å². The molecule has 0 spiro atoms. The lowest BCUT2D eigenvalue weighted by atomic mass is 9.69. The van der Waals surface area contributed by atoms with Crippen LogP contribution in [0.2, 0.25) is 0 Å². The van der Waals surface area contributed by atoms with Crippen molar-refractivity contribution in [2.75, 3.05) is 31.1 Å². The molecule has 1 saturated carbocycles. The third-order valence-corrected chi connectivity index (χ3v) is 8.01. The first-order valence-corrected chi connectivity index (χ1v) is 14.1.